The molecule has 9 aromatic rings. The summed E-state index contributed by atoms with van der Waals surface area (Å²) in [7, 11) is 0. The molecule has 0 saturated carbocycles. The topological polar surface area (TPSA) is 33.6 Å². The first kappa shape index (κ1) is 26.1. The zero-order chi connectivity index (χ0) is 30.6. The van der Waals surface area contributed by atoms with Crippen LogP contribution in [0.4, 0.5) is 0 Å². The molecule has 0 saturated heterocycles. The Bertz CT molecular complexity index is 2600. The van der Waals surface area contributed by atoms with E-state index in [1.54, 1.807) is 0 Å². The molecule has 3 heteroatoms. The highest BCUT2D eigenvalue weighted by atomic mass is 15.0. The molecule has 0 aliphatic heterocycles. The fourth-order valence-corrected chi connectivity index (χ4v) is 7.14. The van der Waals surface area contributed by atoms with Gasteiger partial charge >= 0.3 is 0 Å². The lowest BCUT2D eigenvalue weighted by Gasteiger charge is -2.15. The van der Waals surface area contributed by atoms with E-state index in [0.29, 0.717) is 5.56 Å². The Morgan fingerprint density at radius 3 is 1.61 bits per heavy atom. The van der Waals surface area contributed by atoms with Gasteiger partial charge in [-0.1, -0.05) is 103 Å². The summed E-state index contributed by atoms with van der Waals surface area (Å²) in [6, 6.07) is 60.1. The third-order valence-corrected chi connectivity index (χ3v) is 9.17. The first-order chi connectivity index (χ1) is 22.8. The monoisotopic (exact) mass is 585 g/mol. The highest BCUT2D eigenvalue weighted by Crippen LogP contribution is 2.39. The van der Waals surface area contributed by atoms with E-state index in [-0.39, 0.29) is 0 Å². The fraction of sp³-hybridized carbons (Fsp3) is 0. The van der Waals surface area contributed by atoms with E-state index < -0.39 is 0 Å². The predicted molar refractivity (Wildman–Crippen MR) is 191 cm³/mol. The van der Waals surface area contributed by atoms with Crippen LogP contribution in [0.1, 0.15) is 5.56 Å². The van der Waals surface area contributed by atoms with E-state index >= 15 is 0 Å². The number of fused-ring (bicyclic) bond motifs is 6. The number of aromatic nitrogens is 2. The maximum absolute atomic E-state index is 10.3. The van der Waals surface area contributed by atoms with Crippen molar-refractivity contribution in [1.29, 1.82) is 5.26 Å². The number of hydrogen-bond acceptors (Lipinski definition) is 1. The summed E-state index contributed by atoms with van der Waals surface area (Å²) in [6.07, 6.45) is 0. The number of para-hydroxylation sites is 5. The van der Waals surface area contributed by atoms with Crippen LogP contribution >= 0.6 is 0 Å². The zero-order valence-corrected chi connectivity index (χ0v) is 24.9. The first-order valence-corrected chi connectivity index (χ1v) is 15.5. The summed E-state index contributed by atoms with van der Waals surface area (Å²) >= 11 is 0. The van der Waals surface area contributed by atoms with Crippen molar-refractivity contribution in [2.24, 2.45) is 0 Å². The molecule has 0 aliphatic rings. The first-order valence-electron chi connectivity index (χ1n) is 15.5. The van der Waals surface area contributed by atoms with Crippen molar-refractivity contribution in [3.63, 3.8) is 0 Å². The molecular formula is C43H27N3. The van der Waals surface area contributed by atoms with Crippen LogP contribution in [-0.2, 0) is 0 Å². The largest absolute Gasteiger partial charge is 0.309 e. The Morgan fingerprint density at radius 2 is 0.913 bits per heavy atom. The molecule has 3 nitrogen and oxygen atoms in total. The summed E-state index contributed by atoms with van der Waals surface area (Å²) in [5.74, 6) is 0. The number of benzene rings is 7. The highest BCUT2D eigenvalue weighted by Gasteiger charge is 2.18. The second-order valence-electron chi connectivity index (χ2n) is 11.7. The van der Waals surface area contributed by atoms with Gasteiger partial charge in [-0.3, -0.25) is 0 Å². The number of rotatable bonds is 4. The van der Waals surface area contributed by atoms with E-state index in [2.05, 4.69) is 167 Å². The molecule has 214 valence electrons. The summed E-state index contributed by atoms with van der Waals surface area (Å²) in [4.78, 5) is 0. The van der Waals surface area contributed by atoms with Gasteiger partial charge in [0.2, 0.25) is 0 Å². The molecule has 0 fully saturated rings. The maximum Gasteiger partial charge on any atom is 0.0998 e. The molecule has 0 radical (unpaired) electrons. The molecular weight excluding hydrogens is 558 g/mol. The van der Waals surface area contributed by atoms with Crippen LogP contribution in [0.15, 0.2) is 164 Å². The second kappa shape index (κ2) is 10.4. The molecule has 2 heterocycles. The van der Waals surface area contributed by atoms with Crippen LogP contribution in [0.3, 0.4) is 0 Å². The van der Waals surface area contributed by atoms with Crippen LogP contribution < -0.4 is 0 Å². The number of nitriles is 1. The van der Waals surface area contributed by atoms with Crippen molar-refractivity contribution in [2.45, 2.75) is 0 Å². The molecule has 7 aromatic carbocycles. The quantitative estimate of drug-likeness (QED) is 0.202. The Hall–Kier alpha value is -6.37. The van der Waals surface area contributed by atoms with Crippen molar-refractivity contribution in [3.8, 4) is 39.7 Å². The van der Waals surface area contributed by atoms with Gasteiger partial charge in [-0.2, -0.15) is 5.26 Å². The standard InChI is InChI=1S/C43H27N3/c44-28-31-23-22-29(33-14-4-8-18-39(33)46-41-20-10-5-15-34(41)35-16-6-11-21-42(35)46)26-37(31)30-24-25-43-38(27-30)36-17-7-9-19-40(36)45(43)32-12-2-1-3-13-32/h1-27H. The van der Waals surface area contributed by atoms with Crippen molar-refractivity contribution in [3.05, 3.63) is 169 Å². The molecule has 2 aromatic heterocycles. The minimum atomic E-state index is 0.657. The predicted octanol–water partition coefficient (Wildman–Crippen LogP) is 11.1. The number of nitrogens with zero attached hydrogens (tertiary/aromatic N) is 3. The van der Waals surface area contributed by atoms with Gasteiger partial charge in [0.15, 0.2) is 0 Å². The van der Waals surface area contributed by atoms with Gasteiger partial charge in [0.1, 0.15) is 0 Å². The normalized spacial score (nSPS) is 11.5. The molecule has 0 unspecified atom stereocenters. The van der Waals surface area contributed by atoms with E-state index in [1.165, 1.54) is 27.2 Å². The van der Waals surface area contributed by atoms with Crippen molar-refractivity contribution in [1.82, 2.24) is 9.13 Å². The Labute approximate surface area is 266 Å². The van der Waals surface area contributed by atoms with E-state index in [1.807, 2.05) is 12.1 Å². The van der Waals surface area contributed by atoms with Crippen LogP contribution in [-0.4, -0.2) is 9.13 Å². The Kier molecular flexibility index (Phi) is 5.88. The lowest BCUT2D eigenvalue weighted by Crippen LogP contribution is -1.97. The van der Waals surface area contributed by atoms with Gasteiger partial charge in [-0.15, -0.1) is 0 Å². The third kappa shape index (κ3) is 3.91. The van der Waals surface area contributed by atoms with Crippen LogP contribution in [0, 0.1) is 11.3 Å². The Balaban J connectivity index is 1.25. The molecule has 0 bridgehead atoms. The average Bonchev–Trinajstić information content (AvgIpc) is 3.64. The molecule has 0 spiro atoms. The Morgan fingerprint density at radius 1 is 0.391 bits per heavy atom. The van der Waals surface area contributed by atoms with E-state index in [9.17, 15) is 5.26 Å². The van der Waals surface area contributed by atoms with Gasteiger partial charge in [-0.25, -0.2) is 0 Å². The van der Waals surface area contributed by atoms with E-state index in [0.717, 1.165) is 50.0 Å². The summed E-state index contributed by atoms with van der Waals surface area (Å²) in [6.45, 7) is 0. The van der Waals surface area contributed by atoms with Gasteiger partial charge in [0, 0.05) is 38.4 Å². The van der Waals surface area contributed by atoms with E-state index in [4.69, 9.17) is 0 Å². The molecule has 0 N–H and O–H groups in total. The van der Waals surface area contributed by atoms with Crippen LogP contribution in [0.25, 0.3) is 77.2 Å². The summed E-state index contributed by atoms with van der Waals surface area (Å²) < 4.78 is 4.68. The van der Waals surface area contributed by atoms with Crippen molar-refractivity contribution < 1.29 is 0 Å². The summed E-state index contributed by atoms with van der Waals surface area (Å²) in [5, 5.41) is 15.1. The molecule has 9 rings (SSSR count). The van der Waals surface area contributed by atoms with Gasteiger partial charge in [0.05, 0.1) is 39.4 Å². The summed E-state index contributed by atoms with van der Waals surface area (Å²) in [5.41, 5.74) is 11.7. The smallest absolute Gasteiger partial charge is 0.0998 e. The van der Waals surface area contributed by atoms with Gasteiger partial charge in [-0.05, 0) is 71.8 Å². The van der Waals surface area contributed by atoms with Crippen LogP contribution in [0.5, 0.6) is 0 Å². The highest BCUT2D eigenvalue weighted by molar-refractivity contribution is 6.11. The lowest BCUT2D eigenvalue weighted by atomic mass is 9.93. The third-order valence-electron chi connectivity index (χ3n) is 9.17. The molecule has 0 atom stereocenters. The second-order valence-corrected chi connectivity index (χ2v) is 11.7. The fourth-order valence-electron chi connectivity index (χ4n) is 7.14. The number of hydrogen-bond donors (Lipinski definition) is 0. The van der Waals surface area contributed by atoms with Crippen LogP contribution in [0.2, 0.25) is 0 Å². The average molecular weight is 586 g/mol. The van der Waals surface area contributed by atoms with Gasteiger partial charge in [0.25, 0.3) is 0 Å². The molecule has 46 heavy (non-hydrogen) atoms. The molecule has 0 amide bonds. The van der Waals surface area contributed by atoms with Crippen molar-refractivity contribution in [2.75, 3.05) is 0 Å². The lowest BCUT2D eigenvalue weighted by molar-refractivity contribution is 1.18. The SMILES string of the molecule is N#Cc1ccc(-c2ccccc2-n2c3ccccc3c3ccccc32)cc1-c1ccc2c(c1)c1ccccc1n2-c1ccccc1. The minimum Gasteiger partial charge on any atom is -0.309 e. The van der Waals surface area contributed by atoms with Crippen molar-refractivity contribution >= 4 is 43.6 Å². The zero-order valence-electron chi connectivity index (χ0n) is 24.9. The maximum atomic E-state index is 10.3. The molecule has 0 aliphatic carbocycles. The minimum absolute atomic E-state index is 0.657. The van der Waals surface area contributed by atoms with Gasteiger partial charge < -0.3 is 9.13 Å².